The lowest BCUT2D eigenvalue weighted by atomic mass is 9.88. The molecule has 3 heteroatoms. The first-order chi connectivity index (χ1) is 7.29. The lowest BCUT2D eigenvalue weighted by Crippen LogP contribution is -2.28. The molecule has 1 saturated heterocycles. The molecule has 2 nitrogen and oxygen atoms in total. The Bertz CT molecular complexity index is 327. The van der Waals surface area contributed by atoms with Crippen LogP contribution >= 0.6 is 15.9 Å². The Labute approximate surface area is 99.4 Å². The smallest absolute Gasteiger partial charge is 0.0210 e. The molecule has 0 aliphatic carbocycles. The summed E-state index contributed by atoms with van der Waals surface area (Å²) in [6.45, 7) is 2.11. The number of hydrogen-bond acceptors (Lipinski definition) is 2. The van der Waals surface area contributed by atoms with Crippen LogP contribution in [0.15, 0.2) is 28.7 Å². The summed E-state index contributed by atoms with van der Waals surface area (Å²) in [6.07, 6.45) is 2.19. The molecule has 2 rings (SSSR count). The summed E-state index contributed by atoms with van der Waals surface area (Å²) in [4.78, 5) is 0. The van der Waals surface area contributed by atoms with Gasteiger partial charge in [0.1, 0.15) is 0 Å². The SMILES string of the molecule is NC1CCNCCC1c1ccccc1Br. The maximum Gasteiger partial charge on any atom is 0.0210 e. The van der Waals surface area contributed by atoms with E-state index in [0.29, 0.717) is 5.92 Å². The molecule has 1 heterocycles. The minimum Gasteiger partial charge on any atom is -0.327 e. The van der Waals surface area contributed by atoms with Gasteiger partial charge in [-0.15, -0.1) is 0 Å². The number of hydrogen-bond donors (Lipinski definition) is 2. The molecule has 1 aliphatic rings. The van der Waals surface area contributed by atoms with Crippen molar-refractivity contribution in [2.24, 2.45) is 5.73 Å². The predicted molar refractivity (Wildman–Crippen MR) is 67.0 cm³/mol. The summed E-state index contributed by atoms with van der Waals surface area (Å²) in [5, 5.41) is 3.40. The highest BCUT2D eigenvalue weighted by molar-refractivity contribution is 9.10. The van der Waals surface area contributed by atoms with Gasteiger partial charge < -0.3 is 11.1 Å². The normalized spacial score (nSPS) is 27.3. The van der Waals surface area contributed by atoms with Crippen LogP contribution in [0, 0.1) is 0 Å². The van der Waals surface area contributed by atoms with Gasteiger partial charge in [0.25, 0.3) is 0 Å². The quantitative estimate of drug-likeness (QED) is 0.820. The third kappa shape index (κ3) is 2.60. The van der Waals surface area contributed by atoms with E-state index in [1.54, 1.807) is 0 Å². The van der Waals surface area contributed by atoms with E-state index < -0.39 is 0 Å². The first-order valence-corrected chi connectivity index (χ1v) is 6.29. The van der Waals surface area contributed by atoms with Crippen molar-refractivity contribution >= 4 is 15.9 Å². The minimum atomic E-state index is 0.277. The Morgan fingerprint density at radius 2 is 1.93 bits per heavy atom. The maximum atomic E-state index is 6.22. The lowest BCUT2D eigenvalue weighted by molar-refractivity contribution is 0.517. The highest BCUT2D eigenvalue weighted by atomic mass is 79.9. The molecule has 2 atom stereocenters. The molecule has 0 spiro atoms. The zero-order valence-corrected chi connectivity index (χ0v) is 10.3. The average molecular weight is 269 g/mol. The first-order valence-electron chi connectivity index (χ1n) is 5.50. The van der Waals surface area contributed by atoms with E-state index in [1.807, 2.05) is 6.07 Å². The second-order valence-electron chi connectivity index (χ2n) is 4.12. The monoisotopic (exact) mass is 268 g/mol. The van der Waals surface area contributed by atoms with Crippen LogP contribution < -0.4 is 11.1 Å². The molecule has 3 N–H and O–H groups in total. The highest BCUT2D eigenvalue weighted by Gasteiger charge is 2.23. The molecule has 2 unspecified atom stereocenters. The molecule has 82 valence electrons. The Balaban J connectivity index is 2.24. The fourth-order valence-corrected chi connectivity index (χ4v) is 2.81. The summed E-state index contributed by atoms with van der Waals surface area (Å²) in [5.74, 6) is 0.482. The van der Waals surface area contributed by atoms with E-state index in [0.717, 1.165) is 25.9 Å². The first kappa shape index (κ1) is 11.1. The van der Waals surface area contributed by atoms with Crippen molar-refractivity contribution in [3.8, 4) is 0 Å². The number of benzene rings is 1. The molecule has 1 aliphatic heterocycles. The third-order valence-electron chi connectivity index (χ3n) is 3.11. The molecule has 1 aromatic rings. The number of halogens is 1. The van der Waals surface area contributed by atoms with E-state index in [-0.39, 0.29) is 6.04 Å². The molecular weight excluding hydrogens is 252 g/mol. The summed E-state index contributed by atoms with van der Waals surface area (Å²) >= 11 is 3.61. The van der Waals surface area contributed by atoms with Gasteiger partial charge in [0.2, 0.25) is 0 Å². The van der Waals surface area contributed by atoms with E-state index in [1.165, 1.54) is 10.0 Å². The van der Waals surface area contributed by atoms with Crippen LogP contribution in [0.5, 0.6) is 0 Å². The van der Waals surface area contributed by atoms with Gasteiger partial charge in [-0.3, -0.25) is 0 Å². The van der Waals surface area contributed by atoms with Crippen LogP contribution in [0.2, 0.25) is 0 Å². The number of nitrogens with two attached hydrogens (primary N) is 1. The molecule has 0 aromatic heterocycles. The van der Waals surface area contributed by atoms with Crippen molar-refractivity contribution in [1.29, 1.82) is 0 Å². The van der Waals surface area contributed by atoms with Crippen LogP contribution in [0.1, 0.15) is 24.3 Å². The fourth-order valence-electron chi connectivity index (χ4n) is 2.23. The largest absolute Gasteiger partial charge is 0.327 e. The van der Waals surface area contributed by atoms with Crippen molar-refractivity contribution in [1.82, 2.24) is 5.32 Å². The minimum absolute atomic E-state index is 0.277. The number of rotatable bonds is 1. The summed E-state index contributed by atoms with van der Waals surface area (Å²) in [5.41, 5.74) is 7.57. The Kier molecular flexibility index (Phi) is 3.78. The fraction of sp³-hybridized carbons (Fsp3) is 0.500. The molecule has 0 radical (unpaired) electrons. The van der Waals surface area contributed by atoms with Gasteiger partial charge in [-0.2, -0.15) is 0 Å². The topological polar surface area (TPSA) is 38.0 Å². The molecule has 0 saturated carbocycles. The summed E-state index contributed by atoms with van der Waals surface area (Å²) in [6, 6.07) is 8.69. The van der Waals surface area contributed by atoms with Gasteiger partial charge in [0, 0.05) is 16.4 Å². The summed E-state index contributed by atoms with van der Waals surface area (Å²) in [7, 11) is 0. The van der Waals surface area contributed by atoms with Gasteiger partial charge in [0.05, 0.1) is 0 Å². The second-order valence-corrected chi connectivity index (χ2v) is 4.97. The van der Waals surface area contributed by atoms with Gasteiger partial charge in [-0.25, -0.2) is 0 Å². The molecule has 1 aromatic carbocycles. The average Bonchev–Trinajstić information content (AvgIpc) is 2.44. The van der Waals surface area contributed by atoms with Gasteiger partial charge in [0.15, 0.2) is 0 Å². The Morgan fingerprint density at radius 1 is 1.20 bits per heavy atom. The van der Waals surface area contributed by atoms with Gasteiger partial charge in [-0.05, 0) is 37.6 Å². The van der Waals surface area contributed by atoms with Crippen LogP contribution in [0.3, 0.4) is 0 Å². The third-order valence-corrected chi connectivity index (χ3v) is 3.83. The van der Waals surface area contributed by atoms with Crippen molar-refractivity contribution < 1.29 is 0 Å². The number of nitrogens with one attached hydrogen (secondary N) is 1. The van der Waals surface area contributed by atoms with Crippen molar-refractivity contribution in [3.05, 3.63) is 34.3 Å². The molecule has 15 heavy (non-hydrogen) atoms. The van der Waals surface area contributed by atoms with E-state index in [2.05, 4.69) is 39.4 Å². The Hall–Kier alpha value is -0.380. The second kappa shape index (κ2) is 5.10. The van der Waals surface area contributed by atoms with E-state index >= 15 is 0 Å². The van der Waals surface area contributed by atoms with Gasteiger partial charge in [-0.1, -0.05) is 34.1 Å². The van der Waals surface area contributed by atoms with Crippen molar-refractivity contribution in [2.75, 3.05) is 13.1 Å². The molecular formula is C12H17BrN2. The zero-order valence-electron chi connectivity index (χ0n) is 8.75. The summed E-state index contributed by atoms with van der Waals surface area (Å²) < 4.78 is 1.19. The molecule has 0 bridgehead atoms. The molecule has 1 fully saturated rings. The standard InChI is InChI=1S/C12H17BrN2/c13-11-4-2-1-3-9(11)10-5-7-15-8-6-12(10)14/h1-4,10,12,15H,5-8,14H2. The van der Waals surface area contributed by atoms with E-state index in [9.17, 15) is 0 Å². The predicted octanol–water partition coefficient (Wildman–Crippen LogP) is 2.24. The molecule has 0 amide bonds. The zero-order chi connectivity index (χ0) is 10.7. The Morgan fingerprint density at radius 3 is 2.73 bits per heavy atom. The van der Waals surface area contributed by atoms with Crippen molar-refractivity contribution in [3.63, 3.8) is 0 Å². The lowest BCUT2D eigenvalue weighted by Gasteiger charge is -2.22. The maximum absolute atomic E-state index is 6.22. The van der Waals surface area contributed by atoms with E-state index in [4.69, 9.17) is 5.73 Å². The highest BCUT2D eigenvalue weighted by Crippen LogP contribution is 2.30. The van der Waals surface area contributed by atoms with Crippen LogP contribution in [-0.2, 0) is 0 Å². The van der Waals surface area contributed by atoms with Crippen molar-refractivity contribution in [2.45, 2.75) is 24.8 Å². The van der Waals surface area contributed by atoms with Crippen LogP contribution in [0.4, 0.5) is 0 Å². The van der Waals surface area contributed by atoms with Crippen LogP contribution in [-0.4, -0.2) is 19.1 Å². The van der Waals surface area contributed by atoms with Gasteiger partial charge >= 0.3 is 0 Å². The van der Waals surface area contributed by atoms with Crippen LogP contribution in [0.25, 0.3) is 0 Å².